The molecule has 0 aromatic heterocycles. The maximum atomic E-state index is 13.7. The molecule has 0 aliphatic heterocycles. The zero-order valence-corrected chi connectivity index (χ0v) is 16.8. The average Bonchev–Trinajstić information content (AvgIpc) is 2.73. The molecule has 3 aromatic carbocycles. The van der Waals surface area contributed by atoms with Gasteiger partial charge in [-0.25, -0.2) is 22.0 Å². The van der Waals surface area contributed by atoms with Gasteiger partial charge < -0.3 is 9.47 Å². The maximum absolute atomic E-state index is 13.7. The van der Waals surface area contributed by atoms with E-state index in [1.54, 1.807) is 0 Å². The number of esters is 1. The second-order valence-electron chi connectivity index (χ2n) is 6.16. The summed E-state index contributed by atoms with van der Waals surface area (Å²) in [5.74, 6) is -2.25. The van der Waals surface area contributed by atoms with Crippen molar-refractivity contribution in [2.45, 2.75) is 4.90 Å². The Labute approximate surface area is 172 Å². The highest BCUT2D eigenvalue weighted by Gasteiger charge is 2.22. The van der Waals surface area contributed by atoms with E-state index in [9.17, 15) is 22.0 Å². The van der Waals surface area contributed by atoms with Crippen molar-refractivity contribution >= 4 is 21.7 Å². The normalized spacial score (nSPS) is 11.1. The van der Waals surface area contributed by atoms with Crippen LogP contribution in [0.5, 0.6) is 11.5 Å². The van der Waals surface area contributed by atoms with E-state index in [0.29, 0.717) is 17.5 Å². The van der Waals surface area contributed by atoms with Crippen molar-refractivity contribution in [3.8, 4) is 11.5 Å². The molecule has 30 heavy (non-hydrogen) atoms. The number of rotatable bonds is 6. The molecule has 0 heterocycles. The van der Waals surface area contributed by atoms with Gasteiger partial charge in [0.25, 0.3) is 10.0 Å². The Hall–Kier alpha value is -3.46. The van der Waals surface area contributed by atoms with E-state index >= 15 is 0 Å². The lowest BCUT2D eigenvalue weighted by Crippen LogP contribution is -2.26. The fraction of sp³-hybridized carbons (Fsp3) is 0.0952. The van der Waals surface area contributed by atoms with Crippen LogP contribution in [0.15, 0.2) is 71.6 Å². The topological polar surface area (TPSA) is 72.9 Å². The molecule has 3 aromatic rings. The zero-order chi connectivity index (χ0) is 21.9. The van der Waals surface area contributed by atoms with Crippen molar-refractivity contribution in [2.24, 2.45) is 0 Å². The Morgan fingerprint density at radius 3 is 2.07 bits per heavy atom. The number of benzene rings is 3. The second-order valence-corrected chi connectivity index (χ2v) is 8.12. The van der Waals surface area contributed by atoms with Gasteiger partial charge in [-0.05, 0) is 60.7 Å². The lowest BCUT2D eigenvalue weighted by atomic mass is 10.2. The minimum Gasteiger partial charge on any atom is -0.497 e. The summed E-state index contributed by atoms with van der Waals surface area (Å²) in [6, 6.07) is 14.1. The second kappa shape index (κ2) is 8.50. The van der Waals surface area contributed by atoms with Crippen molar-refractivity contribution in [3.05, 3.63) is 83.9 Å². The summed E-state index contributed by atoms with van der Waals surface area (Å²) >= 11 is 0. The van der Waals surface area contributed by atoms with Crippen LogP contribution in [-0.2, 0) is 10.0 Å². The third-order valence-electron chi connectivity index (χ3n) is 4.28. The predicted molar refractivity (Wildman–Crippen MR) is 106 cm³/mol. The number of hydrogen-bond donors (Lipinski definition) is 0. The molecule has 0 radical (unpaired) electrons. The molecule has 9 heteroatoms. The number of sulfonamides is 1. The first-order chi connectivity index (χ1) is 14.2. The lowest BCUT2D eigenvalue weighted by Gasteiger charge is -2.20. The molecule has 6 nitrogen and oxygen atoms in total. The maximum Gasteiger partial charge on any atom is 0.346 e. The molecule has 0 aliphatic carbocycles. The lowest BCUT2D eigenvalue weighted by molar-refractivity contribution is 0.0730. The Morgan fingerprint density at radius 1 is 0.900 bits per heavy atom. The number of ether oxygens (including phenoxy) is 2. The van der Waals surface area contributed by atoms with E-state index in [0.717, 1.165) is 16.4 Å². The van der Waals surface area contributed by atoms with Crippen LogP contribution in [0, 0.1) is 11.6 Å². The van der Waals surface area contributed by atoms with Crippen LogP contribution in [0.2, 0.25) is 0 Å². The van der Waals surface area contributed by atoms with E-state index in [-0.39, 0.29) is 10.6 Å². The van der Waals surface area contributed by atoms with Crippen molar-refractivity contribution in [3.63, 3.8) is 0 Å². The molecule has 156 valence electrons. The molecule has 0 fully saturated rings. The highest BCUT2D eigenvalue weighted by Crippen LogP contribution is 2.26. The fourth-order valence-corrected chi connectivity index (χ4v) is 3.78. The van der Waals surface area contributed by atoms with Crippen LogP contribution in [0.1, 0.15) is 10.4 Å². The summed E-state index contributed by atoms with van der Waals surface area (Å²) in [5, 5.41) is 0. The molecule has 3 rings (SSSR count). The molecule has 0 N–H and O–H groups in total. The number of carbonyl (C=O) groups excluding carboxylic acids is 1. The van der Waals surface area contributed by atoms with E-state index in [1.165, 1.54) is 62.7 Å². The van der Waals surface area contributed by atoms with Crippen molar-refractivity contribution in [2.75, 3.05) is 18.5 Å². The molecule has 0 saturated carbocycles. The van der Waals surface area contributed by atoms with E-state index in [2.05, 4.69) is 0 Å². The van der Waals surface area contributed by atoms with Crippen LogP contribution >= 0.6 is 0 Å². The van der Waals surface area contributed by atoms with Crippen LogP contribution in [0.3, 0.4) is 0 Å². The standard InChI is InChI=1S/C21H17F2NO5S/c1-24(30(26,27)18-10-8-16(28-2)9-11-18)15-4-6-17(7-5-15)29-21(25)19-12-3-14(22)13-20(19)23/h3-13H,1-2H3. The predicted octanol–water partition coefficient (Wildman–Crippen LogP) is 4.02. The van der Waals surface area contributed by atoms with E-state index in [4.69, 9.17) is 9.47 Å². The minimum atomic E-state index is -3.82. The molecular formula is C21H17F2NO5S. The van der Waals surface area contributed by atoms with Gasteiger partial charge in [-0.1, -0.05) is 0 Å². The van der Waals surface area contributed by atoms with Gasteiger partial charge in [0.2, 0.25) is 0 Å². The number of methoxy groups -OCH3 is 1. The monoisotopic (exact) mass is 433 g/mol. The first-order valence-corrected chi connectivity index (χ1v) is 10.1. The number of halogens is 2. The van der Waals surface area contributed by atoms with Crippen LogP contribution in [0.4, 0.5) is 14.5 Å². The first-order valence-electron chi connectivity index (χ1n) is 8.62. The van der Waals surface area contributed by atoms with Gasteiger partial charge in [-0.2, -0.15) is 0 Å². The smallest absolute Gasteiger partial charge is 0.346 e. The van der Waals surface area contributed by atoms with Crippen LogP contribution in [0.25, 0.3) is 0 Å². The van der Waals surface area contributed by atoms with E-state index in [1.807, 2.05) is 0 Å². The summed E-state index contributed by atoms with van der Waals surface area (Å²) in [6.07, 6.45) is 0. The Balaban J connectivity index is 1.76. The van der Waals surface area contributed by atoms with E-state index < -0.39 is 33.2 Å². The molecule has 0 spiro atoms. The van der Waals surface area contributed by atoms with Crippen molar-refractivity contribution in [1.29, 1.82) is 0 Å². The van der Waals surface area contributed by atoms with Gasteiger partial charge in [0.15, 0.2) is 0 Å². The molecule has 0 atom stereocenters. The Bertz CT molecular complexity index is 1160. The van der Waals surface area contributed by atoms with Gasteiger partial charge in [-0.15, -0.1) is 0 Å². The average molecular weight is 433 g/mol. The minimum absolute atomic E-state index is 0.0720. The van der Waals surface area contributed by atoms with Crippen molar-refractivity contribution < 1.29 is 31.5 Å². The summed E-state index contributed by atoms with van der Waals surface area (Å²) in [6.45, 7) is 0. The summed E-state index contributed by atoms with van der Waals surface area (Å²) in [7, 11) is -0.957. The highest BCUT2D eigenvalue weighted by atomic mass is 32.2. The Morgan fingerprint density at radius 2 is 1.50 bits per heavy atom. The first kappa shape index (κ1) is 21.3. The molecule has 0 saturated heterocycles. The van der Waals surface area contributed by atoms with Crippen molar-refractivity contribution in [1.82, 2.24) is 0 Å². The van der Waals surface area contributed by atoms with Gasteiger partial charge in [0, 0.05) is 13.1 Å². The number of anilines is 1. The highest BCUT2D eigenvalue weighted by molar-refractivity contribution is 7.92. The summed E-state index contributed by atoms with van der Waals surface area (Å²) < 4.78 is 63.4. The number of carbonyl (C=O) groups is 1. The van der Waals surface area contributed by atoms with Gasteiger partial charge in [0.05, 0.1) is 23.3 Å². The van der Waals surface area contributed by atoms with Gasteiger partial charge in [0.1, 0.15) is 23.1 Å². The quantitative estimate of drug-likeness (QED) is 0.434. The third kappa shape index (κ3) is 4.41. The fourth-order valence-electron chi connectivity index (χ4n) is 2.59. The summed E-state index contributed by atoms with van der Waals surface area (Å²) in [4.78, 5) is 12.1. The van der Waals surface area contributed by atoms with Gasteiger partial charge in [-0.3, -0.25) is 4.31 Å². The molecule has 0 unspecified atom stereocenters. The third-order valence-corrected chi connectivity index (χ3v) is 6.08. The number of hydrogen-bond acceptors (Lipinski definition) is 5. The molecule has 0 bridgehead atoms. The van der Waals surface area contributed by atoms with Crippen LogP contribution in [-0.4, -0.2) is 28.5 Å². The molecule has 0 aliphatic rings. The SMILES string of the molecule is COc1ccc(S(=O)(=O)N(C)c2ccc(OC(=O)c3ccc(F)cc3F)cc2)cc1. The molecule has 0 amide bonds. The largest absolute Gasteiger partial charge is 0.497 e. The number of nitrogens with zero attached hydrogens (tertiary/aromatic N) is 1. The zero-order valence-electron chi connectivity index (χ0n) is 16.0. The molecular weight excluding hydrogens is 416 g/mol. The Kier molecular flexibility index (Phi) is 6.02. The van der Waals surface area contributed by atoms with Crippen LogP contribution < -0.4 is 13.8 Å². The summed E-state index contributed by atoms with van der Waals surface area (Å²) in [5.41, 5.74) is -0.0988. The van der Waals surface area contributed by atoms with Gasteiger partial charge >= 0.3 is 5.97 Å².